The fourth-order valence-electron chi connectivity index (χ4n) is 1.05. The molecule has 3 nitrogen and oxygen atoms in total. The lowest BCUT2D eigenvalue weighted by Crippen LogP contribution is -2.32. The standard InChI is InChI=1S/C10H18F3NO2S/c1-2-16-9(15)8(14)4-7-17-6-3-5-10(11,12)13/h8H,2-7,14H2,1H3. The number of carbonyl (C=O) groups excluding carboxylic acids is 1. The summed E-state index contributed by atoms with van der Waals surface area (Å²) in [5.74, 6) is 0.538. The van der Waals surface area contributed by atoms with Crippen LogP contribution in [0.15, 0.2) is 0 Å². The lowest BCUT2D eigenvalue weighted by Gasteiger charge is -2.10. The van der Waals surface area contributed by atoms with Gasteiger partial charge in [-0.1, -0.05) is 0 Å². The van der Waals surface area contributed by atoms with Crippen LogP contribution in [0.1, 0.15) is 26.2 Å². The maximum absolute atomic E-state index is 11.8. The van der Waals surface area contributed by atoms with Gasteiger partial charge in [-0.2, -0.15) is 24.9 Å². The number of carbonyl (C=O) groups is 1. The number of halogens is 3. The van der Waals surface area contributed by atoms with Crippen LogP contribution in [-0.4, -0.2) is 36.3 Å². The molecule has 0 aromatic carbocycles. The van der Waals surface area contributed by atoms with Crippen LogP contribution in [0, 0.1) is 0 Å². The van der Waals surface area contributed by atoms with Gasteiger partial charge in [0.1, 0.15) is 6.04 Å². The highest BCUT2D eigenvalue weighted by Crippen LogP contribution is 2.22. The van der Waals surface area contributed by atoms with Crippen molar-refractivity contribution in [3.05, 3.63) is 0 Å². The number of ether oxygens (including phenoxy) is 1. The van der Waals surface area contributed by atoms with Gasteiger partial charge in [-0.15, -0.1) is 0 Å². The topological polar surface area (TPSA) is 52.3 Å². The molecule has 0 spiro atoms. The Morgan fingerprint density at radius 1 is 1.41 bits per heavy atom. The Balaban J connectivity index is 3.42. The van der Waals surface area contributed by atoms with E-state index in [1.807, 2.05) is 0 Å². The summed E-state index contributed by atoms with van der Waals surface area (Å²) >= 11 is 1.37. The monoisotopic (exact) mass is 273 g/mol. The van der Waals surface area contributed by atoms with E-state index in [1.165, 1.54) is 11.8 Å². The predicted molar refractivity (Wildman–Crippen MR) is 61.8 cm³/mol. The molecule has 7 heteroatoms. The summed E-state index contributed by atoms with van der Waals surface area (Å²) in [4.78, 5) is 11.1. The van der Waals surface area contributed by atoms with Gasteiger partial charge < -0.3 is 10.5 Å². The zero-order chi connectivity index (χ0) is 13.3. The molecule has 0 aliphatic heterocycles. The van der Waals surface area contributed by atoms with Crippen LogP contribution in [-0.2, 0) is 9.53 Å². The first-order valence-electron chi connectivity index (χ1n) is 5.43. The van der Waals surface area contributed by atoms with Gasteiger partial charge in [-0.05, 0) is 31.3 Å². The average molecular weight is 273 g/mol. The quantitative estimate of drug-likeness (QED) is 0.545. The van der Waals surface area contributed by atoms with Crippen molar-refractivity contribution in [3.8, 4) is 0 Å². The van der Waals surface area contributed by atoms with Crippen LogP contribution in [0.5, 0.6) is 0 Å². The van der Waals surface area contributed by atoms with Crippen LogP contribution in [0.4, 0.5) is 13.2 Å². The Hall–Kier alpha value is -0.430. The van der Waals surface area contributed by atoms with E-state index in [-0.39, 0.29) is 13.0 Å². The zero-order valence-electron chi connectivity index (χ0n) is 9.76. The second kappa shape index (κ2) is 8.63. The molecule has 0 saturated carbocycles. The molecule has 0 rings (SSSR count). The first-order valence-corrected chi connectivity index (χ1v) is 6.59. The van der Waals surface area contributed by atoms with Crippen molar-refractivity contribution in [1.82, 2.24) is 0 Å². The number of hydrogen-bond donors (Lipinski definition) is 1. The number of nitrogens with two attached hydrogens (primary N) is 1. The molecule has 0 aliphatic rings. The summed E-state index contributed by atoms with van der Waals surface area (Å²) < 4.78 is 40.1. The number of hydrogen-bond acceptors (Lipinski definition) is 4. The van der Waals surface area contributed by atoms with Gasteiger partial charge >= 0.3 is 12.1 Å². The first-order chi connectivity index (χ1) is 7.87. The van der Waals surface area contributed by atoms with Crippen LogP contribution in [0.2, 0.25) is 0 Å². The molecular formula is C10H18F3NO2S. The maximum atomic E-state index is 11.8. The largest absolute Gasteiger partial charge is 0.465 e. The molecule has 0 bridgehead atoms. The zero-order valence-corrected chi connectivity index (χ0v) is 10.6. The molecule has 0 saturated heterocycles. The second-order valence-electron chi connectivity index (χ2n) is 3.48. The molecule has 0 radical (unpaired) electrons. The Morgan fingerprint density at radius 2 is 2.06 bits per heavy atom. The minimum Gasteiger partial charge on any atom is -0.465 e. The van der Waals surface area contributed by atoms with E-state index in [9.17, 15) is 18.0 Å². The van der Waals surface area contributed by atoms with Crippen LogP contribution >= 0.6 is 11.8 Å². The molecule has 102 valence electrons. The fourth-order valence-corrected chi connectivity index (χ4v) is 2.03. The van der Waals surface area contributed by atoms with Gasteiger partial charge in [0.05, 0.1) is 6.61 Å². The minimum atomic E-state index is -4.08. The van der Waals surface area contributed by atoms with Gasteiger partial charge in [0, 0.05) is 6.42 Å². The van der Waals surface area contributed by atoms with Crippen LogP contribution in [0.3, 0.4) is 0 Å². The summed E-state index contributed by atoms with van der Waals surface area (Å²) in [5, 5.41) is 0. The first kappa shape index (κ1) is 16.6. The summed E-state index contributed by atoms with van der Waals surface area (Å²) in [7, 11) is 0. The molecule has 17 heavy (non-hydrogen) atoms. The lowest BCUT2D eigenvalue weighted by atomic mass is 10.2. The summed E-state index contributed by atoms with van der Waals surface area (Å²) in [5.41, 5.74) is 5.52. The minimum absolute atomic E-state index is 0.100. The van der Waals surface area contributed by atoms with E-state index in [4.69, 9.17) is 10.5 Å². The van der Waals surface area contributed by atoms with Crippen LogP contribution in [0.25, 0.3) is 0 Å². The molecule has 0 aromatic heterocycles. The van der Waals surface area contributed by atoms with E-state index in [0.29, 0.717) is 17.9 Å². The van der Waals surface area contributed by atoms with Crippen molar-refractivity contribution in [1.29, 1.82) is 0 Å². The third kappa shape index (κ3) is 10.4. The molecule has 1 unspecified atom stereocenters. The Morgan fingerprint density at radius 3 is 2.59 bits per heavy atom. The average Bonchev–Trinajstić information content (AvgIpc) is 2.21. The van der Waals surface area contributed by atoms with Crippen molar-refractivity contribution in [3.63, 3.8) is 0 Å². The summed E-state index contributed by atoms with van der Waals surface area (Å²) in [6, 6.07) is -0.676. The number of rotatable bonds is 8. The smallest absolute Gasteiger partial charge is 0.389 e. The van der Waals surface area contributed by atoms with Crippen LogP contribution < -0.4 is 5.73 Å². The maximum Gasteiger partial charge on any atom is 0.389 e. The number of thioether (sulfide) groups is 1. The Kier molecular flexibility index (Phi) is 8.41. The number of alkyl halides is 3. The highest BCUT2D eigenvalue weighted by Gasteiger charge is 2.25. The van der Waals surface area contributed by atoms with E-state index in [0.717, 1.165) is 0 Å². The third-order valence-electron chi connectivity index (χ3n) is 1.91. The third-order valence-corrected chi connectivity index (χ3v) is 3.01. The van der Waals surface area contributed by atoms with E-state index in [1.54, 1.807) is 6.92 Å². The molecule has 1 atom stereocenters. The normalized spacial score (nSPS) is 13.5. The molecule has 0 fully saturated rings. The van der Waals surface area contributed by atoms with Crippen molar-refractivity contribution < 1.29 is 22.7 Å². The Bertz CT molecular complexity index is 224. The van der Waals surface area contributed by atoms with Gasteiger partial charge in [0.2, 0.25) is 0 Å². The molecule has 0 heterocycles. The summed E-state index contributed by atoms with van der Waals surface area (Å²) in [6.45, 7) is 1.97. The van der Waals surface area contributed by atoms with Crippen molar-refractivity contribution in [2.75, 3.05) is 18.1 Å². The summed E-state index contributed by atoms with van der Waals surface area (Å²) in [6.07, 6.45) is -4.32. The highest BCUT2D eigenvalue weighted by molar-refractivity contribution is 7.99. The predicted octanol–water partition coefficient (Wildman–Crippen LogP) is 2.34. The van der Waals surface area contributed by atoms with E-state index < -0.39 is 24.6 Å². The lowest BCUT2D eigenvalue weighted by molar-refractivity contribution is -0.144. The van der Waals surface area contributed by atoms with E-state index in [2.05, 4.69) is 0 Å². The van der Waals surface area contributed by atoms with E-state index >= 15 is 0 Å². The Labute approximate surface area is 103 Å². The van der Waals surface area contributed by atoms with Crippen molar-refractivity contribution in [2.45, 2.75) is 38.4 Å². The molecule has 0 amide bonds. The molecular weight excluding hydrogens is 255 g/mol. The molecule has 0 aliphatic carbocycles. The fraction of sp³-hybridized carbons (Fsp3) is 0.900. The molecule has 2 N–H and O–H groups in total. The van der Waals surface area contributed by atoms with Crippen molar-refractivity contribution >= 4 is 17.7 Å². The van der Waals surface area contributed by atoms with Gasteiger partial charge in [-0.3, -0.25) is 4.79 Å². The second-order valence-corrected chi connectivity index (χ2v) is 4.70. The molecule has 0 aromatic rings. The van der Waals surface area contributed by atoms with Gasteiger partial charge in [0.25, 0.3) is 0 Å². The highest BCUT2D eigenvalue weighted by atomic mass is 32.2. The van der Waals surface area contributed by atoms with Gasteiger partial charge in [0.15, 0.2) is 0 Å². The van der Waals surface area contributed by atoms with Gasteiger partial charge in [-0.25, -0.2) is 0 Å². The SMILES string of the molecule is CCOC(=O)C(N)CCSCCCC(F)(F)F. The van der Waals surface area contributed by atoms with Crippen molar-refractivity contribution in [2.24, 2.45) is 5.73 Å². The number of esters is 1.